The van der Waals surface area contributed by atoms with Crippen LogP contribution < -0.4 is 4.90 Å². The highest BCUT2D eigenvalue weighted by Gasteiger charge is 2.29. The Morgan fingerprint density at radius 3 is 2.61 bits per heavy atom. The van der Waals surface area contributed by atoms with Crippen molar-refractivity contribution < 1.29 is 15.0 Å². The number of anilines is 1. The highest BCUT2D eigenvalue weighted by molar-refractivity contribution is 6.31. The van der Waals surface area contributed by atoms with Crippen molar-refractivity contribution in [3.63, 3.8) is 0 Å². The van der Waals surface area contributed by atoms with Crippen LogP contribution >= 0.6 is 11.6 Å². The quantitative estimate of drug-likeness (QED) is 0.497. The second-order valence-electron chi connectivity index (χ2n) is 9.94. The summed E-state index contributed by atoms with van der Waals surface area (Å²) in [6.45, 7) is 6.59. The van der Waals surface area contributed by atoms with Crippen molar-refractivity contribution in [1.82, 2.24) is 19.6 Å². The highest BCUT2D eigenvalue weighted by Crippen LogP contribution is 2.32. The predicted molar refractivity (Wildman–Crippen MR) is 145 cm³/mol. The van der Waals surface area contributed by atoms with Crippen LogP contribution in [-0.2, 0) is 19.5 Å². The van der Waals surface area contributed by atoms with Gasteiger partial charge < -0.3 is 20.0 Å². The van der Waals surface area contributed by atoms with Crippen LogP contribution in [0.15, 0.2) is 42.5 Å². The molecule has 2 aliphatic heterocycles. The average Bonchev–Trinajstić information content (AvgIpc) is 3.28. The van der Waals surface area contributed by atoms with Gasteiger partial charge in [0.05, 0.1) is 36.1 Å². The van der Waals surface area contributed by atoms with Gasteiger partial charge in [-0.3, -0.25) is 9.58 Å². The number of carboxylic acid groups (broad SMARTS) is 1. The number of aryl methyl sites for hydroxylation is 1. The molecule has 0 saturated carbocycles. The summed E-state index contributed by atoms with van der Waals surface area (Å²) in [6.07, 6.45) is -1.03. The fraction of sp³-hybridized carbons (Fsp3) is 0.393. The number of carbonyl (C=O) groups is 1. The zero-order valence-corrected chi connectivity index (χ0v) is 22.1. The molecule has 1 unspecified atom stereocenters. The summed E-state index contributed by atoms with van der Waals surface area (Å²) >= 11 is 6.24. The predicted octanol–water partition coefficient (Wildman–Crippen LogP) is 3.60. The van der Waals surface area contributed by atoms with E-state index in [-0.39, 0.29) is 6.54 Å². The molecule has 2 aromatic carbocycles. The van der Waals surface area contributed by atoms with E-state index >= 15 is 0 Å². The van der Waals surface area contributed by atoms with E-state index in [2.05, 4.69) is 15.9 Å². The maximum atomic E-state index is 11.7. The molecule has 1 saturated heterocycles. The van der Waals surface area contributed by atoms with E-state index in [0.29, 0.717) is 36.6 Å². The molecule has 0 spiro atoms. The van der Waals surface area contributed by atoms with Crippen molar-refractivity contribution in [1.29, 1.82) is 5.26 Å². The monoisotopic (exact) mass is 534 g/mol. The summed E-state index contributed by atoms with van der Waals surface area (Å²) in [5.41, 5.74) is 6.05. The molecular weight excluding hydrogens is 504 g/mol. The number of nitrogens with zero attached hydrogens (tertiary/aromatic N) is 6. The third-order valence-corrected chi connectivity index (χ3v) is 7.85. The first-order chi connectivity index (χ1) is 18.3. The Bertz CT molecular complexity index is 1380. The zero-order chi connectivity index (χ0) is 26.8. The molecule has 5 rings (SSSR count). The van der Waals surface area contributed by atoms with E-state index < -0.39 is 12.2 Å². The molecule has 3 heterocycles. The van der Waals surface area contributed by atoms with E-state index in [4.69, 9.17) is 16.7 Å². The van der Waals surface area contributed by atoms with Crippen LogP contribution in [0.2, 0.25) is 5.02 Å². The summed E-state index contributed by atoms with van der Waals surface area (Å²) < 4.78 is 1.86. The Labute approximate surface area is 227 Å². The number of amides is 1. The van der Waals surface area contributed by atoms with Gasteiger partial charge in [0, 0.05) is 67.5 Å². The second-order valence-corrected chi connectivity index (χ2v) is 10.4. The summed E-state index contributed by atoms with van der Waals surface area (Å²) in [5.74, 6) is 0. The largest absolute Gasteiger partial charge is 0.465 e. The molecule has 38 heavy (non-hydrogen) atoms. The van der Waals surface area contributed by atoms with Gasteiger partial charge in [0.25, 0.3) is 0 Å². The number of para-hydroxylation sites is 1. The van der Waals surface area contributed by atoms with Crippen LogP contribution in [0.1, 0.15) is 22.4 Å². The first kappa shape index (κ1) is 26.0. The highest BCUT2D eigenvalue weighted by atomic mass is 35.5. The van der Waals surface area contributed by atoms with Gasteiger partial charge >= 0.3 is 6.09 Å². The molecule has 2 N–H and O–H groups in total. The zero-order valence-electron chi connectivity index (χ0n) is 21.3. The van der Waals surface area contributed by atoms with Crippen LogP contribution in [0, 0.1) is 18.3 Å². The molecular formula is C28H31ClN6O3. The van der Waals surface area contributed by atoms with Gasteiger partial charge in [-0.2, -0.15) is 10.4 Å². The normalized spacial score (nSPS) is 16.7. The van der Waals surface area contributed by atoms with Crippen molar-refractivity contribution in [2.75, 3.05) is 44.2 Å². The Hall–Kier alpha value is -3.58. The van der Waals surface area contributed by atoms with E-state index in [9.17, 15) is 20.3 Å². The standard InChI is InChI=1S/C28H31ClN6O3/c1-19-14-20(6-7-24(19)29)27-23-18-34(28(37)38)9-8-26(23)35(31-27)17-22(36)16-32-10-12-33(13-11-32)25-5-3-2-4-21(25)15-30/h2-7,14,22,36H,8-13,16-18H2,1H3,(H,37,38). The number of piperazine rings is 1. The van der Waals surface area contributed by atoms with Gasteiger partial charge in [-0.1, -0.05) is 29.8 Å². The lowest BCUT2D eigenvalue weighted by atomic mass is 10.00. The number of aliphatic hydroxyl groups is 1. The molecule has 9 nitrogen and oxygen atoms in total. The molecule has 1 aromatic heterocycles. The van der Waals surface area contributed by atoms with Gasteiger partial charge in [0.1, 0.15) is 6.07 Å². The number of rotatable bonds is 6. The number of benzene rings is 2. The number of nitriles is 1. The van der Waals surface area contributed by atoms with E-state index in [0.717, 1.165) is 59.9 Å². The number of halogens is 1. The third kappa shape index (κ3) is 5.34. The van der Waals surface area contributed by atoms with E-state index in [1.807, 2.05) is 54.1 Å². The molecule has 1 fully saturated rings. The first-order valence-electron chi connectivity index (χ1n) is 12.8. The molecule has 1 atom stereocenters. The number of hydrogen-bond acceptors (Lipinski definition) is 6. The molecule has 0 bridgehead atoms. The van der Waals surface area contributed by atoms with E-state index in [1.165, 1.54) is 4.90 Å². The molecule has 2 aliphatic rings. The van der Waals surface area contributed by atoms with Crippen LogP contribution in [-0.4, -0.2) is 81.3 Å². The molecule has 0 radical (unpaired) electrons. The summed E-state index contributed by atoms with van der Waals surface area (Å²) in [7, 11) is 0. The second kappa shape index (κ2) is 11.0. The number of aromatic nitrogens is 2. The molecule has 0 aliphatic carbocycles. The summed E-state index contributed by atoms with van der Waals surface area (Å²) in [5, 5.41) is 35.6. The van der Waals surface area contributed by atoms with Gasteiger partial charge in [-0.25, -0.2) is 4.79 Å². The van der Waals surface area contributed by atoms with Crippen molar-refractivity contribution in [3.8, 4) is 17.3 Å². The number of hydrogen-bond donors (Lipinski definition) is 2. The van der Waals surface area contributed by atoms with Crippen LogP contribution in [0.5, 0.6) is 0 Å². The lowest BCUT2D eigenvalue weighted by molar-refractivity contribution is 0.0906. The SMILES string of the molecule is Cc1cc(-c2nn(CC(O)CN3CCN(c4ccccc4C#N)CC3)c3c2CN(C(=O)O)CC3)ccc1Cl. The fourth-order valence-electron chi connectivity index (χ4n) is 5.40. The fourth-order valence-corrected chi connectivity index (χ4v) is 5.52. The number of fused-ring (bicyclic) bond motifs is 1. The van der Waals surface area contributed by atoms with Crippen molar-refractivity contribution in [3.05, 3.63) is 69.9 Å². The smallest absolute Gasteiger partial charge is 0.407 e. The van der Waals surface area contributed by atoms with Gasteiger partial charge in [0.2, 0.25) is 0 Å². The third-order valence-electron chi connectivity index (χ3n) is 7.43. The van der Waals surface area contributed by atoms with Crippen LogP contribution in [0.4, 0.5) is 10.5 Å². The van der Waals surface area contributed by atoms with Crippen molar-refractivity contribution in [2.45, 2.75) is 32.5 Å². The molecule has 10 heteroatoms. The van der Waals surface area contributed by atoms with Gasteiger partial charge in [0.15, 0.2) is 0 Å². The van der Waals surface area contributed by atoms with Crippen LogP contribution in [0.25, 0.3) is 11.3 Å². The Morgan fingerprint density at radius 2 is 1.89 bits per heavy atom. The lowest BCUT2D eigenvalue weighted by Gasteiger charge is -2.37. The van der Waals surface area contributed by atoms with Crippen molar-refractivity contribution in [2.24, 2.45) is 0 Å². The number of β-amino-alcohol motifs (C(OH)–C–C–N with tert-alkyl or cyclic N) is 1. The maximum Gasteiger partial charge on any atom is 0.407 e. The molecule has 1 amide bonds. The average molecular weight is 535 g/mol. The minimum Gasteiger partial charge on any atom is -0.465 e. The molecule has 3 aromatic rings. The maximum absolute atomic E-state index is 11.7. The Morgan fingerprint density at radius 1 is 1.13 bits per heavy atom. The molecule has 198 valence electrons. The first-order valence-corrected chi connectivity index (χ1v) is 13.2. The van der Waals surface area contributed by atoms with E-state index in [1.54, 1.807) is 0 Å². The Balaban J connectivity index is 1.29. The summed E-state index contributed by atoms with van der Waals surface area (Å²) in [4.78, 5) is 17.5. The Kier molecular flexibility index (Phi) is 7.56. The minimum atomic E-state index is -0.946. The summed E-state index contributed by atoms with van der Waals surface area (Å²) in [6, 6.07) is 15.6. The minimum absolute atomic E-state index is 0.268. The lowest BCUT2D eigenvalue weighted by Crippen LogP contribution is -2.49. The van der Waals surface area contributed by atoms with Crippen LogP contribution in [0.3, 0.4) is 0 Å². The topological polar surface area (TPSA) is 109 Å². The van der Waals surface area contributed by atoms with Crippen molar-refractivity contribution >= 4 is 23.4 Å². The van der Waals surface area contributed by atoms with Gasteiger partial charge in [-0.05, 0) is 36.8 Å². The number of aliphatic hydroxyl groups excluding tert-OH is 1. The van der Waals surface area contributed by atoms with Gasteiger partial charge in [-0.15, -0.1) is 0 Å².